The topological polar surface area (TPSA) is 300 Å². The molecule has 6 amide bonds. The number of aromatic amines is 2. The highest BCUT2D eigenvalue weighted by Gasteiger charge is 2.24. The zero-order chi connectivity index (χ0) is 62.2. The number of rotatable bonds is 32. The number of ether oxygens (including phenoxy) is 4. The summed E-state index contributed by atoms with van der Waals surface area (Å²) in [6, 6.07) is 27.0. The van der Waals surface area contributed by atoms with E-state index < -0.39 is 24.2 Å². The standard InChI is InChI=1S/C35H50N8O6.C26H40N6O4/c1-7-43(29-12-8-27(9-13-29)41-42-28-10-14-30(15-11-28)48-21-20-47-6)18-19-49-34(46)36-17-16-35(4,5)23-25(2)24-37-33(45)40-32-38-26(3)22-31(44)39-32;1-6-32(21-10-8-7-9-11-21)14-15-36-25(35)27-13-12-26(4,5)17-19(2)18-28-24(34)31-23-29-20(3)16-22(33)30-23/h8-15,22,25H,7,16-21,23-24H2,1-6H3,(H,36,46)(H3,37,38,39,40,44,45);7-11,16,19H,6,12-15,17-18H2,1-5H3,(H,27,35)(H3,28,29,30,31,33,34). The van der Waals surface area contributed by atoms with Crippen molar-refractivity contribution < 1.29 is 38.1 Å². The number of aryl methyl sites for hydroxylation is 2. The van der Waals surface area contributed by atoms with Crippen molar-refractivity contribution in [3.05, 3.63) is 123 Å². The molecule has 8 N–H and O–H groups in total. The normalized spacial score (nSPS) is 11.9. The molecular formula is C61H90N14O10. The second-order valence-corrected chi connectivity index (χ2v) is 22.3. The van der Waals surface area contributed by atoms with Gasteiger partial charge >= 0.3 is 24.2 Å². The lowest BCUT2D eigenvalue weighted by molar-refractivity contribution is 0.145. The number of urea groups is 2. The first kappa shape index (κ1) is 69.0. The Morgan fingerprint density at radius 1 is 0.588 bits per heavy atom. The van der Waals surface area contributed by atoms with E-state index in [-0.39, 0.29) is 52.3 Å². The van der Waals surface area contributed by atoms with E-state index in [0.717, 1.165) is 67.3 Å². The van der Waals surface area contributed by atoms with E-state index in [1.807, 2.05) is 85.8 Å². The molecule has 0 saturated carbocycles. The molecule has 0 radical (unpaired) electrons. The lowest BCUT2D eigenvalue weighted by Gasteiger charge is -2.28. The number of alkyl carbamates (subject to hydrolysis) is 2. The average Bonchev–Trinajstić information content (AvgIpc) is 3.56. The average molecular weight is 1180 g/mol. The summed E-state index contributed by atoms with van der Waals surface area (Å²) in [5, 5.41) is 25.0. The summed E-state index contributed by atoms with van der Waals surface area (Å²) in [6.45, 7) is 26.3. The van der Waals surface area contributed by atoms with Crippen LogP contribution in [0.4, 0.5) is 53.8 Å². The molecule has 0 bridgehead atoms. The van der Waals surface area contributed by atoms with Crippen LogP contribution in [0.3, 0.4) is 0 Å². The van der Waals surface area contributed by atoms with Crippen molar-refractivity contribution in [1.29, 1.82) is 0 Å². The van der Waals surface area contributed by atoms with Gasteiger partial charge in [-0.2, -0.15) is 10.2 Å². The van der Waals surface area contributed by atoms with Crippen molar-refractivity contribution in [3.8, 4) is 5.75 Å². The quantitative estimate of drug-likeness (QED) is 0.0147. The summed E-state index contributed by atoms with van der Waals surface area (Å²) in [4.78, 5) is 89.3. The number of aromatic nitrogens is 4. The number of para-hydroxylation sites is 1. The highest BCUT2D eigenvalue weighted by molar-refractivity contribution is 5.87. The zero-order valence-corrected chi connectivity index (χ0v) is 51.4. The molecule has 0 spiro atoms. The summed E-state index contributed by atoms with van der Waals surface area (Å²) < 4.78 is 21.3. The van der Waals surface area contributed by atoms with Gasteiger partial charge in [-0.3, -0.25) is 30.2 Å². The molecule has 0 aliphatic heterocycles. The molecule has 85 heavy (non-hydrogen) atoms. The smallest absolute Gasteiger partial charge is 0.407 e. The molecule has 24 nitrogen and oxygen atoms in total. The van der Waals surface area contributed by atoms with Gasteiger partial charge in [0.05, 0.1) is 31.1 Å². The van der Waals surface area contributed by atoms with Gasteiger partial charge in [-0.1, -0.05) is 59.7 Å². The highest BCUT2D eigenvalue weighted by atomic mass is 16.6. The van der Waals surface area contributed by atoms with Gasteiger partial charge in [-0.15, -0.1) is 0 Å². The Labute approximate surface area is 499 Å². The maximum atomic E-state index is 12.4. The SMILES string of the molecule is CCN(CCOC(=O)NCCC(C)(C)CC(C)CNC(=O)Nc1nc(C)cc(=O)[nH]1)c1ccc(N=Nc2ccc(OCCOC)cc2)cc1.CCN(CCOC(=O)NCCC(C)(C)CC(C)CNC(=O)Nc1nc(C)cc(=O)[nH]1)c1ccccc1. The molecule has 464 valence electrons. The molecular weight excluding hydrogens is 1090 g/mol. The van der Waals surface area contributed by atoms with Crippen LogP contribution < -0.4 is 57.6 Å². The van der Waals surface area contributed by atoms with E-state index in [4.69, 9.17) is 18.9 Å². The fourth-order valence-corrected chi connectivity index (χ4v) is 9.23. The minimum absolute atomic E-state index is 0.0412. The number of hydrogen-bond acceptors (Lipinski definition) is 16. The van der Waals surface area contributed by atoms with Gasteiger partial charge in [0.2, 0.25) is 11.9 Å². The highest BCUT2D eigenvalue weighted by Crippen LogP contribution is 2.30. The van der Waals surface area contributed by atoms with Crippen molar-refractivity contribution in [2.24, 2.45) is 32.9 Å². The summed E-state index contributed by atoms with van der Waals surface area (Å²) >= 11 is 0. The number of nitrogens with zero attached hydrogens (tertiary/aromatic N) is 6. The summed E-state index contributed by atoms with van der Waals surface area (Å²) in [5.74, 6) is 1.36. The van der Waals surface area contributed by atoms with Crippen LogP contribution in [-0.2, 0) is 14.2 Å². The number of carbonyl (C=O) groups is 4. The number of carbonyl (C=O) groups excluding carboxylic acids is 4. The van der Waals surface area contributed by atoms with Gasteiger partial charge < -0.3 is 50.0 Å². The third-order valence-electron chi connectivity index (χ3n) is 13.3. The van der Waals surface area contributed by atoms with E-state index >= 15 is 0 Å². The van der Waals surface area contributed by atoms with E-state index in [1.165, 1.54) is 12.1 Å². The molecule has 3 aromatic carbocycles. The van der Waals surface area contributed by atoms with Crippen LogP contribution in [0.15, 0.2) is 111 Å². The number of benzene rings is 3. The predicted octanol–water partition coefficient (Wildman–Crippen LogP) is 10.2. The number of H-pyrrole nitrogens is 2. The van der Waals surface area contributed by atoms with Crippen LogP contribution in [0.2, 0.25) is 0 Å². The number of amides is 6. The Kier molecular flexibility index (Phi) is 29.4. The largest absolute Gasteiger partial charge is 0.491 e. The molecule has 24 heteroatoms. The van der Waals surface area contributed by atoms with Gasteiger partial charge in [-0.05, 0) is 137 Å². The Balaban J connectivity index is 0.000000382. The van der Waals surface area contributed by atoms with Crippen molar-refractivity contribution in [2.45, 2.75) is 94.9 Å². The number of anilines is 4. The van der Waals surface area contributed by atoms with Gasteiger partial charge in [0, 0.05) is 81.3 Å². The van der Waals surface area contributed by atoms with E-state index in [0.29, 0.717) is 70.5 Å². The fourth-order valence-electron chi connectivity index (χ4n) is 9.23. The fraction of sp³-hybridized carbons (Fsp3) is 0.508. The molecule has 0 saturated heterocycles. The van der Waals surface area contributed by atoms with Crippen molar-refractivity contribution >= 4 is 58.9 Å². The van der Waals surface area contributed by atoms with Crippen LogP contribution in [0.25, 0.3) is 0 Å². The molecule has 0 fully saturated rings. The zero-order valence-electron chi connectivity index (χ0n) is 51.4. The molecule has 5 aromatic rings. The predicted molar refractivity (Wildman–Crippen MR) is 333 cm³/mol. The van der Waals surface area contributed by atoms with Crippen molar-refractivity contribution in [3.63, 3.8) is 0 Å². The van der Waals surface area contributed by atoms with Crippen LogP contribution in [0, 0.1) is 36.5 Å². The Morgan fingerprint density at radius 3 is 1.42 bits per heavy atom. The van der Waals surface area contributed by atoms with Gasteiger partial charge in [0.15, 0.2) is 0 Å². The molecule has 2 heterocycles. The van der Waals surface area contributed by atoms with Crippen LogP contribution >= 0.6 is 0 Å². The number of likely N-dealkylation sites (N-methyl/N-ethyl adjacent to an activating group) is 2. The number of hydrogen-bond donors (Lipinski definition) is 8. The lowest BCUT2D eigenvalue weighted by Crippen LogP contribution is -2.35. The maximum Gasteiger partial charge on any atom is 0.407 e. The summed E-state index contributed by atoms with van der Waals surface area (Å²) in [7, 11) is 1.63. The van der Waals surface area contributed by atoms with Crippen molar-refractivity contribution in [2.75, 3.05) is 106 Å². The van der Waals surface area contributed by atoms with Crippen molar-refractivity contribution in [1.82, 2.24) is 41.2 Å². The first-order valence-electron chi connectivity index (χ1n) is 28.9. The maximum absolute atomic E-state index is 12.4. The molecule has 5 rings (SSSR count). The van der Waals surface area contributed by atoms with Gasteiger partial charge in [0.25, 0.3) is 11.1 Å². The molecule has 2 atom stereocenters. The van der Waals surface area contributed by atoms with Crippen LogP contribution in [0.5, 0.6) is 5.75 Å². The first-order chi connectivity index (χ1) is 40.5. The van der Waals surface area contributed by atoms with E-state index in [1.54, 1.807) is 21.0 Å². The first-order valence-corrected chi connectivity index (χ1v) is 28.9. The Morgan fingerprint density at radius 2 is 1.01 bits per heavy atom. The van der Waals surface area contributed by atoms with E-state index in [2.05, 4.69) is 120 Å². The van der Waals surface area contributed by atoms with Crippen LogP contribution in [0.1, 0.15) is 92.5 Å². The molecule has 0 aliphatic rings. The van der Waals surface area contributed by atoms with Crippen LogP contribution in [-0.4, -0.2) is 130 Å². The summed E-state index contributed by atoms with van der Waals surface area (Å²) in [6.07, 6.45) is 2.33. The van der Waals surface area contributed by atoms with E-state index in [9.17, 15) is 28.8 Å². The van der Waals surface area contributed by atoms with Gasteiger partial charge in [0.1, 0.15) is 25.6 Å². The summed E-state index contributed by atoms with van der Waals surface area (Å²) in [5.41, 5.74) is 3.82. The number of nitrogens with one attached hydrogen (secondary N) is 8. The Hall–Kier alpha value is -8.54. The molecule has 0 aliphatic carbocycles. The molecule has 2 aromatic heterocycles. The second kappa shape index (κ2) is 36.2. The molecule has 2 unspecified atom stereocenters. The minimum atomic E-state index is -0.452. The number of azo groups is 1. The Bertz CT molecular complexity index is 2960. The monoisotopic (exact) mass is 1180 g/mol. The minimum Gasteiger partial charge on any atom is -0.491 e. The van der Waals surface area contributed by atoms with Gasteiger partial charge in [-0.25, -0.2) is 29.1 Å². The third-order valence-corrected chi connectivity index (χ3v) is 13.3. The number of methoxy groups -OCH3 is 1. The second-order valence-electron chi connectivity index (χ2n) is 22.3. The third kappa shape index (κ3) is 28.5. The lowest BCUT2D eigenvalue weighted by atomic mass is 9.80.